The number of sulfonamides is 1. The summed E-state index contributed by atoms with van der Waals surface area (Å²) in [5.41, 5.74) is 0.421. The highest BCUT2D eigenvalue weighted by atomic mass is 35.5. The third-order valence-corrected chi connectivity index (χ3v) is 5.88. The first-order chi connectivity index (χ1) is 11.7. The van der Waals surface area contributed by atoms with Gasteiger partial charge in [0.2, 0.25) is 15.9 Å². The predicted molar refractivity (Wildman–Crippen MR) is 88.6 cm³/mol. The average molecular weight is 412 g/mol. The third-order valence-electron chi connectivity index (χ3n) is 3.53. The Kier molecular flexibility index (Phi) is 4.93. The summed E-state index contributed by atoms with van der Waals surface area (Å²) in [7, 11) is -2.42. The van der Waals surface area contributed by atoms with Crippen LogP contribution in [0.15, 0.2) is 23.1 Å². The highest BCUT2D eigenvalue weighted by molar-refractivity contribution is 7.89. The molecule has 0 atom stereocenters. The second-order valence-electron chi connectivity index (χ2n) is 5.51. The molecular formula is C14H13Cl2F2N3O3S. The first-order valence-corrected chi connectivity index (χ1v) is 9.42. The maximum atomic E-state index is 12.5. The van der Waals surface area contributed by atoms with Gasteiger partial charge < -0.3 is 4.74 Å². The van der Waals surface area contributed by atoms with Crippen LogP contribution in [0.2, 0.25) is 10.0 Å². The van der Waals surface area contributed by atoms with E-state index in [4.69, 9.17) is 23.2 Å². The fraction of sp³-hybridized carbons (Fsp3) is 0.357. The summed E-state index contributed by atoms with van der Waals surface area (Å²) in [4.78, 5) is -0.128. The molecule has 25 heavy (non-hydrogen) atoms. The van der Waals surface area contributed by atoms with Gasteiger partial charge in [-0.05, 0) is 25.0 Å². The number of aryl methyl sites for hydroxylation is 1. The van der Waals surface area contributed by atoms with Gasteiger partial charge in [0, 0.05) is 18.7 Å². The topological polar surface area (TPSA) is 73.2 Å². The summed E-state index contributed by atoms with van der Waals surface area (Å²) < 4.78 is 57.7. The van der Waals surface area contributed by atoms with Crippen LogP contribution in [0.25, 0.3) is 11.3 Å². The minimum Gasteiger partial charge on any atom is -0.416 e. The van der Waals surface area contributed by atoms with Crippen LogP contribution in [0.5, 0.6) is 5.88 Å². The zero-order valence-corrected chi connectivity index (χ0v) is 15.2. The molecule has 136 valence electrons. The van der Waals surface area contributed by atoms with E-state index in [1.807, 2.05) is 0 Å². The van der Waals surface area contributed by atoms with E-state index in [-0.39, 0.29) is 32.6 Å². The van der Waals surface area contributed by atoms with Crippen molar-refractivity contribution in [1.82, 2.24) is 14.5 Å². The number of ether oxygens (including phenoxy) is 1. The van der Waals surface area contributed by atoms with Crippen molar-refractivity contribution < 1.29 is 21.9 Å². The Hall–Kier alpha value is -1.42. The number of rotatable bonds is 6. The zero-order chi connectivity index (χ0) is 18.4. The van der Waals surface area contributed by atoms with E-state index in [2.05, 4.69) is 14.6 Å². The van der Waals surface area contributed by atoms with Crippen LogP contribution in [0.1, 0.15) is 12.8 Å². The molecule has 1 heterocycles. The lowest BCUT2D eigenvalue weighted by Crippen LogP contribution is -2.26. The molecule has 0 radical (unpaired) electrons. The minimum absolute atomic E-state index is 0.0352. The molecule has 1 aliphatic rings. The van der Waals surface area contributed by atoms with Crippen molar-refractivity contribution in [2.24, 2.45) is 7.05 Å². The van der Waals surface area contributed by atoms with Crippen LogP contribution in [0.4, 0.5) is 8.78 Å². The molecule has 2 aromatic rings. The lowest BCUT2D eigenvalue weighted by Gasteiger charge is -2.09. The monoisotopic (exact) mass is 411 g/mol. The molecule has 6 nitrogen and oxygen atoms in total. The number of hydrogen-bond donors (Lipinski definition) is 1. The molecule has 1 aromatic heterocycles. The molecule has 1 N–H and O–H groups in total. The Morgan fingerprint density at radius 3 is 2.64 bits per heavy atom. The van der Waals surface area contributed by atoms with Crippen molar-refractivity contribution in [2.75, 3.05) is 0 Å². The van der Waals surface area contributed by atoms with Gasteiger partial charge in [-0.25, -0.2) is 17.8 Å². The van der Waals surface area contributed by atoms with E-state index < -0.39 is 16.6 Å². The molecule has 0 unspecified atom stereocenters. The predicted octanol–water partition coefficient (Wildman–Crippen LogP) is 3.44. The van der Waals surface area contributed by atoms with E-state index in [1.165, 1.54) is 25.2 Å². The van der Waals surface area contributed by atoms with Crippen LogP contribution in [0, 0.1) is 0 Å². The van der Waals surface area contributed by atoms with E-state index in [9.17, 15) is 17.2 Å². The van der Waals surface area contributed by atoms with Crippen LogP contribution < -0.4 is 9.46 Å². The Balaban J connectivity index is 2.03. The van der Waals surface area contributed by atoms with Gasteiger partial charge in [0.15, 0.2) is 0 Å². The van der Waals surface area contributed by atoms with Crippen molar-refractivity contribution in [3.05, 3.63) is 28.2 Å². The van der Waals surface area contributed by atoms with Crippen LogP contribution in [-0.4, -0.2) is 30.9 Å². The normalized spacial score (nSPS) is 15.0. The Morgan fingerprint density at radius 2 is 2.04 bits per heavy atom. The molecule has 11 heteroatoms. The maximum absolute atomic E-state index is 12.5. The summed E-state index contributed by atoms with van der Waals surface area (Å²) in [5.74, 6) is -0.317. The largest absolute Gasteiger partial charge is 0.416 e. The Morgan fingerprint density at radius 1 is 1.36 bits per heavy atom. The first-order valence-electron chi connectivity index (χ1n) is 7.18. The van der Waals surface area contributed by atoms with Crippen molar-refractivity contribution in [2.45, 2.75) is 30.4 Å². The van der Waals surface area contributed by atoms with E-state index >= 15 is 0 Å². The lowest BCUT2D eigenvalue weighted by atomic mass is 10.1. The van der Waals surface area contributed by atoms with Gasteiger partial charge in [-0.15, -0.1) is 0 Å². The van der Waals surface area contributed by atoms with Crippen molar-refractivity contribution in [1.29, 1.82) is 0 Å². The molecule has 1 saturated carbocycles. The quantitative estimate of drug-likeness (QED) is 0.789. The molecule has 1 aromatic carbocycles. The van der Waals surface area contributed by atoms with E-state index in [0.29, 0.717) is 5.56 Å². The number of halogens is 4. The van der Waals surface area contributed by atoms with Crippen molar-refractivity contribution in [3.8, 4) is 17.1 Å². The second-order valence-corrected chi connectivity index (χ2v) is 7.98. The summed E-state index contributed by atoms with van der Waals surface area (Å²) >= 11 is 12.1. The summed E-state index contributed by atoms with van der Waals surface area (Å²) in [6.45, 7) is -3.07. The summed E-state index contributed by atoms with van der Waals surface area (Å²) in [6.07, 6.45) is 1.55. The second kappa shape index (κ2) is 6.71. The van der Waals surface area contributed by atoms with Crippen LogP contribution >= 0.6 is 23.2 Å². The van der Waals surface area contributed by atoms with Crippen molar-refractivity contribution in [3.63, 3.8) is 0 Å². The molecule has 0 saturated heterocycles. The molecule has 1 aliphatic carbocycles. The SMILES string of the molecule is Cn1nc(-c2ccc(Cl)c(S(=O)(=O)NC3CC3)c2)c(Cl)c1OC(F)F. The molecule has 3 rings (SSSR count). The Bertz CT molecular complexity index is 914. The fourth-order valence-electron chi connectivity index (χ4n) is 2.22. The molecule has 0 amide bonds. The maximum Gasteiger partial charge on any atom is 0.388 e. The summed E-state index contributed by atoms with van der Waals surface area (Å²) in [6, 6.07) is 4.10. The van der Waals surface area contributed by atoms with Gasteiger partial charge in [-0.1, -0.05) is 29.3 Å². The number of aromatic nitrogens is 2. The minimum atomic E-state index is -3.80. The number of alkyl halides is 2. The van der Waals surface area contributed by atoms with Crippen LogP contribution in [-0.2, 0) is 17.1 Å². The molecule has 0 bridgehead atoms. The standard InChI is InChI=1S/C14H13Cl2F2N3O3S/c1-21-13(24-14(17)18)11(16)12(19-21)7-2-5-9(15)10(6-7)25(22,23)20-8-3-4-8/h2,5-6,8,14,20H,3-4H2,1H3. The lowest BCUT2D eigenvalue weighted by molar-refractivity contribution is -0.0552. The average Bonchev–Trinajstić information content (AvgIpc) is 3.28. The Labute approximate surface area is 152 Å². The number of nitrogens with one attached hydrogen (secondary N) is 1. The van der Waals surface area contributed by atoms with Gasteiger partial charge in [-0.2, -0.15) is 13.9 Å². The molecular weight excluding hydrogens is 399 g/mol. The van der Waals surface area contributed by atoms with Crippen molar-refractivity contribution >= 4 is 33.2 Å². The van der Waals surface area contributed by atoms with Gasteiger partial charge >= 0.3 is 6.61 Å². The summed E-state index contributed by atoms with van der Waals surface area (Å²) in [5, 5.41) is 3.91. The molecule has 1 fully saturated rings. The molecule has 0 aliphatic heterocycles. The first kappa shape index (κ1) is 18.4. The van der Waals surface area contributed by atoms with Gasteiger partial charge in [0.05, 0.1) is 5.02 Å². The number of nitrogens with zero attached hydrogens (tertiary/aromatic N) is 2. The highest BCUT2D eigenvalue weighted by Gasteiger charge is 2.30. The smallest absolute Gasteiger partial charge is 0.388 e. The third kappa shape index (κ3) is 3.89. The van der Waals surface area contributed by atoms with E-state index in [0.717, 1.165) is 17.5 Å². The van der Waals surface area contributed by atoms with Gasteiger partial charge in [0.25, 0.3) is 0 Å². The van der Waals surface area contributed by atoms with E-state index in [1.54, 1.807) is 0 Å². The number of hydrogen-bond acceptors (Lipinski definition) is 4. The van der Waals surface area contributed by atoms with Crippen LogP contribution in [0.3, 0.4) is 0 Å². The van der Waals surface area contributed by atoms with Gasteiger partial charge in [0.1, 0.15) is 15.6 Å². The van der Waals surface area contributed by atoms with Gasteiger partial charge in [-0.3, -0.25) is 0 Å². The highest BCUT2D eigenvalue weighted by Crippen LogP contribution is 2.37. The number of benzene rings is 1. The fourth-order valence-corrected chi connectivity index (χ4v) is 4.36. The molecule has 0 spiro atoms. The zero-order valence-electron chi connectivity index (χ0n) is 12.8.